The first-order valence-electron chi connectivity index (χ1n) is 8.62. The van der Waals surface area contributed by atoms with E-state index in [0.29, 0.717) is 5.56 Å². The smallest absolute Gasteiger partial charge is 0.274 e. The number of carbonyl (C=O) groups excluding carboxylic acids is 1. The molecule has 0 bridgehead atoms. The van der Waals surface area contributed by atoms with Gasteiger partial charge in [-0.25, -0.2) is 0 Å². The van der Waals surface area contributed by atoms with E-state index >= 15 is 0 Å². The van der Waals surface area contributed by atoms with Crippen molar-refractivity contribution in [2.45, 2.75) is 25.3 Å². The van der Waals surface area contributed by atoms with Gasteiger partial charge in [-0.2, -0.15) is 0 Å². The van der Waals surface area contributed by atoms with Crippen molar-refractivity contribution in [1.82, 2.24) is 0 Å². The van der Waals surface area contributed by atoms with Gasteiger partial charge in [0.05, 0.1) is 16.5 Å². The molecular weight excluding hydrogens is 330 g/mol. The topological polar surface area (TPSA) is 84.3 Å². The molecule has 1 heterocycles. The Balaban J connectivity index is 1.76. The van der Waals surface area contributed by atoms with Gasteiger partial charge in [-0.15, -0.1) is 0 Å². The molecule has 2 aromatic rings. The molecule has 1 aliphatic heterocycles. The number of hydrogen-bond acceptors (Lipinski definition) is 4. The first-order chi connectivity index (χ1) is 12.5. The number of hydrogen-bond donors (Lipinski definition) is 2. The van der Waals surface area contributed by atoms with Gasteiger partial charge < -0.3 is 10.6 Å². The lowest BCUT2D eigenvalue weighted by atomic mass is 9.76. The SMILES string of the molecule is CC(=O)Nc1ccc2c(c1)C1C=CCC1C(c1ccccc1[N+](=O)[O-])N2. The number of nitro benzene ring substituents is 1. The van der Waals surface area contributed by atoms with Gasteiger partial charge in [-0.1, -0.05) is 30.4 Å². The Kier molecular flexibility index (Phi) is 3.95. The minimum Gasteiger partial charge on any atom is -0.377 e. The molecule has 0 fully saturated rings. The van der Waals surface area contributed by atoms with Crippen molar-refractivity contribution in [2.24, 2.45) is 5.92 Å². The summed E-state index contributed by atoms with van der Waals surface area (Å²) in [5.74, 6) is 0.269. The summed E-state index contributed by atoms with van der Waals surface area (Å²) in [6, 6.07) is 12.6. The fraction of sp³-hybridized carbons (Fsp3) is 0.250. The maximum Gasteiger partial charge on any atom is 0.274 e. The molecule has 0 aromatic heterocycles. The summed E-state index contributed by atoms with van der Waals surface area (Å²) in [6.07, 6.45) is 5.17. The van der Waals surface area contributed by atoms with E-state index in [-0.39, 0.29) is 34.4 Å². The summed E-state index contributed by atoms with van der Waals surface area (Å²) in [6.45, 7) is 1.49. The van der Waals surface area contributed by atoms with Crippen LogP contribution in [-0.2, 0) is 4.79 Å². The number of fused-ring (bicyclic) bond motifs is 3. The number of nitro groups is 1. The lowest BCUT2D eigenvalue weighted by Gasteiger charge is -2.37. The van der Waals surface area contributed by atoms with Crippen molar-refractivity contribution in [3.8, 4) is 0 Å². The first-order valence-corrected chi connectivity index (χ1v) is 8.62. The average Bonchev–Trinajstić information content (AvgIpc) is 3.10. The second-order valence-corrected chi connectivity index (χ2v) is 6.77. The van der Waals surface area contributed by atoms with E-state index in [9.17, 15) is 14.9 Å². The van der Waals surface area contributed by atoms with Gasteiger partial charge in [0, 0.05) is 30.3 Å². The van der Waals surface area contributed by atoms with Crippen molar-refractivity contribution in [1.29, 1.82) is 0 Å². The molecule has 26 heavy (non-hydrogen) atoms. The van der Waals surface area contributed by atoms with Gasteiger partial charge in [0.1, 0.15) is 0 Å². The third-order valence-electron chi connectivity index (χ3n) is 5.15. The summed E-state index contributed by atoms with van der Waals surface area (Å²) in [5.41, 5.74) is 3.70. The largest absolute Gasteiger partial charge is 0.377 e. The van der Waals surface area contributed by atoms with Gasteiger partial charge in [0.25, 0.3) is 5.69 Å². The Morgan fingerprint density at radius 2 is 2.04 bits per heavy atom. The van der Waals surface area contributed by atoms with Crippen molar-refractivity contribution in [2.75, 3.05) is 10.6 Å². The van der Waals surface area contributed by atoms with Crippen LogP contribution in [0, 0.1) is 16.0 Å². The van der Waals surface area contributed by atoms with E-state index in [1.807, 2.05) is 30.3 Å². The summed E-state index contributed by atoms with van der Waals surface area (Å²) >= 11 is 0. The fourth-order valence-electron chi connectivity index (χ4n) is 4.10. The minimum atomic E-state index is -0.316. The first kappa shape index (κ1) is 16.3. The lowest BCUT2D eigenvalue weighted by Crippen LogP contribution is -2.29. The summed E-state index contributed by atoms with van der Waals surface area (Å²) in [5, 5.41) is 17.8. The second-order valence-electron chi connectivity index (χ2n) is 6.77. The van der Waals surface area contributed by atoms with Crippen molar-refractivity contribution < 1.29 is 9.72 Å². The van der Waals surface area contributed by atoms with Crippen LogP contribution in [0.25, 0.3) is 0 Å². The zero-order valence-corrected chi connectivity index (χ0v) is 14.3. The van der Waals surface area contributed by atoms with Crippen LogP contribution in [0.4, 0.5) is 17.1 Å². The molecule has 3 unspecified atom stereocenters. The standard InChI is InChI=1S/C20H19N3O3/c1-12(24)21-13-9-10-18-17(11-13)14-6-4-7-15(14)20(22-18)16-5-2-3-8-19(16)23(25)26/h2-6,8-11,14-15,20,22H,7H2,1H3,(H,21,24). The quantitative estimate of drug-likeness (QED) is 0.489. The molecule has 1 amide bonds. The van der Waals surface area contributed by atoms with Crippen molar-refractivity contribution >= 4 is 23.0 Å². The van der Waals surface area contributed by atoms with Gasteiger partial charge in [0.15, 0.2) is 0 Å². The van der Waals surface area contributed by atoms with E-state index in [4.69, 9.17) is 0 Å². The third kappa shape index (κ3) is 2.73. The highest BCUT2D eigenvalue weighted by Gasteiger charge is 2.40. The predicted octanol–water partition coefficient (Wildman–Crippen LogP) is 4.38. The van der Waals surface area contributed by atoms with Crippen LogP contribution < -0.4 is 10.6 Å². The molecule has 2 aromatic carbocycles. The lowest BCUT2D eigenvalue weighted by molar-refractivity contribution is -0.385. The number of nitrogens with zero attached hydrogens (tertiary/aromatic N) is 1. The van der Waals surface area contributed by atoms with E-state index < -0.39 is 0 Å². The van der Waals surface area contributed by atoms with Gasteiger partial charge in [0.2, 0.25) is 5.91 Å². The van der Waals surface area contributed by atoms with Crippen LogP contribution in [0.3, 0.4) is 0 Å². The summed E-state index contributed by atoms with van der Waals surface area (Å²) < 4.78 is 0. The number of rotatable bonds is 3. The Bertz CT molecular complexity index is 922. The number of amides is 1. The maximum absolute atomic E-state index is 11.5. The molecule has 0 saturated carbocycles. The van der Waals surface area contributed by atoms with Gasteiger partial charge >= 0.3 is 0 Å². The van der Waals surface area contributed by atoms with E-state index in [1.54, 1.807) is 12.1 Å². The van der Waals surface area contributed by atoms with Crippen LogP contribution >= 0.6 is 0 Å². The van der Waals surface area contributed by atoms with Crippen LogP contribution in [0.5, 0.6) is 0 Å². The zero-order chi connectivity index (χ0) is 18.3. The van der Waals surface area contributed by atoms with Gasteiger partial charge in [-0.3, -0.25) is 14.9 Å². The third-order valence-corrected chi connectivity index (χ3v) is 5.15. The minimum absolute atomic E-state index is 0.106. The van der Waals surface area contributed by atoms with E-state index in [0.717, 1.165) is 23.4 Å². The molecule has 0 saturated heterocycles. The Morgan fingerprint density at radius 1 is 1.23 bits per heavy atom. The van der Waals surface area contributed by atoms with Gasteiger partial charge in [-0.05, 0) is 36.1 Å². The number of para-hydroxylation sites is 1. The van der Waals surface area contributed by atoms with E-state index in [1.165, 1.54) is 6.92 Å². The number of anilines is 2. The molecule has 0 radical (unpaired) electrons. The average molecular weight is 349 g/mol. The number of benzene rings is 2. The molecule has 6 nitrogen and oxygen atoms in total. The van der Waals surface area contributed by atoms with Crippen molar-refractivity contribution in [3.63, 3.8) is 0 Å². The molecule has 0 spiro atoms. The Hall–Kier alpha value is -3.15. The Labute approximate surface area is 151 Å². The highest BCUT2D eigenvalue weighted by atomic mass is 16.6. The summed E-state index contributed by atoms with van der Waals surface area (Å²) in [7, 11) is 0. The zero-order valence-electron chi connectivity index (χ0n) is 14.3. The molecule has 4 rings (SSSR count). The molecule has 3 atom stereocenters. The highest BCUT2D eigenvalue weighted by molar-refractivity contribution is 5.89. The monoisotopic (exact) mass is 349 g/mol. The number of nitrogens with one attached hydrogen (secondary N) is 2. The molecule has 132 valence electrons. The fourth-order valence-corrected chi connectivity index (χ4v) is 4.10. The number of allylic oxidation sites excluding steroid dienone is 2. The molecule has 2 N–H and O–H groups in total. The maximum atomic E-state index is 11.5. The molecule has 1 aliphatic carbocycles. The second kappa shape index (κ2) is 6.29. The number of carbonyl (C=O) groups is 1. The van der Waals surface area contributed by atoms with Crippen LogP contribution in [0.2, 0.25) is 0 Å². The molecule has 6 heteroatoms. The Morgan fingerprint density at radius 3 is 2.81 bits per heavy atom. The van der Waals surface area contributed by atoms with Crippen LogP contribution in [0.15, 0.2) is 54.6 Å². The predicted molar refractivity (Wildman–Crippen MR) is 100 cm³/mol. The van der Waals surface area contributed by atoms with E-state index in [2.05, 4.69) is 22.8 Å². The molecule has 2 aliphatic rings. The van der Waals surface area contributed by atoms with Crippen LogP contribution in [0.1, 0.15) is 36.4 Å². The van der Waals surface area contributed by atoms with Crippen LogP contribution in [-0.4, -0.2) is 10.8 Å². The highest BCUT2D eigenvalue weighted by Crippen LogP contribution is 2.51. The summed E-state index contributed by atoms with van der Waals surface area (Å²) in [4.78, 5) is 22.5. The molecular formula is C20H19N3O3. The van der Waals surface area contributed by atoms with Crippen molar-refractivity contribution in [3.05, 3.63) is 75.9 Å². The normalized spacial score (nSPS) is 22.9.